The molecule has 0 spiro atoms. The van der Waals surface area contributed by atoms with E-state index in [2.05, 4.69) is 0 Å². The number of rotatable bonds is 2. The molecule has 0 unspecified atom stereocenters. The minimum Gasteiger partial charge on any atom is -0.327 e. The number of hydrogen-bond donors (Lipinski definition) is 1. The lowest BCUT2D eigenvalue weighted by Crippen LogP contribution is -2.06. The van der Waals surface area contributed by atoms with E-state index in [4.69, 9.17) is 5.73 Å². The van der Waals surface area contributed by atoms with Crippen molar-refractivity contribution in [1.82, 2.24) is 0 Å². The van der Waals surface area contributed by atoms with Crippen molar-refractivity contribution in [1.29, 1.82) is 0 Å². The molecule has 1 aliphatic carbocycles. The average molecular weight is 242 g/mol. The largest absolute Gasteiger partial charge is 0.327 e. The molecule has 0 bridgehead atoms. The molecular weight excluding hydrogens is 230 g/mol. The highest BCUT2D eigenvalue weighted by Gasteiger charge is 2.57. The van der Waals surface area contributed by atoms with E-state index in [0.717, 1.165) is 6.07 Å². The Bertz CT molecular complexity index is 502. The summed E-state index contributed by atoms with van der Waals surface area (Å²) < 4.78 is 27.1. The molecule has 0 amide bonds. The predicted molar refractivity (Wildman–Crippen MR) is 57.5 cm³/mol. The van der Waals surface area contributed by atoms with Crippen LogP contribution in [0.3, 0.4) is 0 Å². The highest BCUT2D eigenvalue weighted by atomic mass is 19.1. The molecule has 17 heavy (non-hydrogen) atoms. The lowest BCUT2D eigenvalue weighted by Gasteiger charge is -2.05. The van der Waals surface area contributed by atoms with E-state index in [1.165, 1.54) is 0 Å². The number of nitrogens with two attached hydrogens (primary N) is 1. The molecule has 2 rings (SSSR count). The molecule has 4 nitrogen and oxygen atoms in total. The normalized spacial score (nSPS) is 25.7. The molecule has 0 radical (unpaired) electrons. The Morgan fingerprint density at radius 3 is 2.29 bits per heavy atom. The predicted octanol–water partition coefficient (Wildman–Crippen LogP) is 2.32. The number of nitro benzene ring substituents is 1. The summed E-state index contributed by atoms with van der Waals surface area (Å²) in [6.45, 7) is 3.70. The van der Waals surface area contributed by atoms with Crippen LogP contribution in [-0.2, 0) is 0 Å². The maximum absolute atomic E-state index is 13.7. The van der Waals surface area contributed by atoms with Gasteiger partial charge >= 0.3 is 5.69 Å². The lowest BCUT2D eigenvalue weighted by atomic mass is 10.0. The number of hydrogen-bond acceptors (Lipinski definition) is 3. The van der Waals surface area contributed by atoms with Gasteiger partial charge in [-0.2, -0.15) is 4.39 Å². The summed E-state index contributed by atoms with van der Waals surface area (Å²) in [7, 11) is 0. The van der Waals surface area contributed by atoms with Gasteiger partial charge in [0.15, 0.2) is 0 Å². The first kappa shape index (κ1) is 11.9. The molecule has 1 saturated carbocycles. The molecule has 2 N–H and O–H groups in total. The van der Waals surface area contributed by atoms with Crippen molar-refractivity contribution >= 4 is 5.69 Å². The molecule has 0 heterocycles. The molecular formula is C11H12F2N2O2. The van der Waals surface area contributed by atoms with Gasteiger partial charge in [-0.15, -0.1) is 0 Å². The first-order valence-electron chi connectivity index (χ1n) is 5.15. The third-order valence-electron chi connectivity index (χ3n) is 3.51. The molecule has 0 aliphatic heterocycles. The van der Waals surface area contributed by atoms with E-state index in [0.29, 0.717) is 6.07 Å². The van der Waals surface area contributed by atoms with Crippen LogP contribution in [0.15, 0.2) is 12.1 Å². The van der Waals surface area contributed by atoms with E-state index in [-0.39, 0.29) is 22.9 Å². The molecule has 0 saturated heterocycles. The van der Waals surface area contributed by atoms with Crippen LogP contribution >= 0.6 is 0 Å². The lowest BCUT2D eigenvalue weighted by molar-refractivity contribution is -0.387. The van der Waals surface area contributed by atoms with Gasteiger partial charge in [0.2, 0.25) is 5.82 Å². The second kappa shape index (κ2) is 3.46. The molecule has 1 aromatic rings. The number of nitro groups is 1. The van der Waals surface area contributed by atoms with Crippen molar-refractivity contribution in [2.75, 3.05) is 0 Å². The fraction of sp³-hybridized carbons (Fsp3) is 0.455. The second-order valence-corrected chi connectivity index (χ2v) is 4.91. The maximum atomic E-state index is 13.7. The maximum Gasteiger partial charge on any atom is 0.307 e. The van der Waals surface area contributed by atoms with Crippen molar-refractivity contribution in [3.8, 4) is 0 Å². The van der Waals surface area contributed by atoms with Gasteiger partial charge in [-0.1, -0.05) is 13.8 Å². The zero-order valence-electron chi connectivity index (χ0n) is 9.41. The van der Waals surface area contributed by atoms with Crippen LogP contribution < -0.4 is 5.73 Å². The van der Waals surface area contributed by atoms with Gasteiger partial charge in [-0.05, 0) is 17.0 Å². The van der Waals surface area contributed by atoms with Crippen LogP contribution in [-0.4, -0.2) is 11.0 Å². The molecule has 0 aromatic heterocycles. The van der Waals surface area contributed by atoms with Gasteiger partial charge in [0.05, 0.1) is 11.0 Å². The minimum absolute atomic E-state index is 0.116. The van der Waals surface area contributed by atoms with Gasteiger partial charge in [0, 0.05) is 12.0 Å². The SMILES string of the molecule is CC1(C)[C@@H](N)[C@@H]1c1cc(F)c([N+](=O)[O-])cc1F. The highest BCUT2D eigenvalue weighted by molar-refractivity contribution is 5.42. The van der Waals surface area contributed by atoms with Gasteiger partial charge in [0.1, 0.15) is 5.82 Å². The third-order valence-corrected chi connectivity index (χ3v) is 3.51. The summed E-state index contributed by atoms with van der Waals surface area (Å²) in [5, 5.41) is 10.4. The Hall–Kier alpha value is -1.56. The summed E-state index contributed by atoms with van der Waals surface area (Å²) in [5.41, 5.74) is 4.74. The Morgan fingerprint density at radius 2 is 1.88 bits per heavy atom. The summed E-state index contributed by atoms with van der Waals surface area (Å²) in [5.74, 6) is -2.09. The van der Waals surface area contributed by atoms with Gasteiger partial charge < -0.3 is 5.73 Å². The summed E-state index contributed by atoms with van der Waals surface area (Å²) >= 11 is 0. The van der Waals surface area contributed by atoms with Crippen molar-refractivity contribution < 1.29 is 13.7 Å². The zero-order chi connectivity index (χ0) is 13.0. The van der Waals surface area contributed by atoms with Crippen molar-refractivity contribution in [3.05, 3.63) is 39.4 Å². The second-order valence-electron chi connectivity index (χ2n) is 4.91. The summed E-state index contributed by atoms with van der Waals surface area (Å²) in [4.78, 5) is 9.49. The van der Waals surface area contributed by atoms with Crippen LogP contribution in [0.4, 0.5) is 14.5 Å². The fourth-order valence-electron chi connectivity index (χ4n) is 2.20. The van der Waals surface area contributed by atoms with Crippen molar-refractivity contribution in [3.63, 3.8) is 0 Å². The Kier molecular flexibility index (Phi) is 2.43. The first-order valence-corrected chi connectivity index (χ1v) is 5.15. The minimum atomic E-state index is -1.03. The Morgan fingerprint density at radius 1 is 1.35 bits per heavy atom. The van der Waals surface area contributed by atoms with E-state index in [9.17, 15) is 18.9 Å². The zero-order valence-corrected chi connectivity index (χ0v) is 9.41. The molecule has 1 aliphatic rings. The summed E-state index contributed by atoms with van der Waals surface area (Å²) in [6, 6.07) is 1.25. The molecule has 1 fully saturated rings. The summed E-state index contributed by atoms with van der Waals surface area (Å²) in [6.07, 6.45) is 0. The van der Waals surface area contributed by atoms with E-state index in [1.54, 1.807) is 0 Å². The van der Waals surface area contributed by atoms with E-state index in [1.807, 2.05) is 13.8 Å². The third kappa shape index (κ3) is 1.68. The topological polar surface area (TPSA) is 69.2 Å². The highest BCUT2D eigenvalue weighted by Crippen LogP contribution is 2.58. The van der Waals surface area contributed by atoms with Crippen LogP contribution in [0, 0.1) is 27.2 Å². The molecule has 2 atom stereocenters. The van der Waals surface area contributed by atoms with Crippen LogP contribution in [0.5, 0.6) is 0 Å². The average Bonchev–Trinajstić information content (AvgIpc) is 2.69. The number of halogens is 2. The van der Waals surface area contributed by atoms with Crippen LogP contribution in [0.2, 0.25) is 0 Å². The van der Waals surface area contributed by atoms with E-state index >= 15 is 0 Å². The van der Waals surface area contributed by atoms with E-state index < -0.39 is 22.2 Å². The number of nitrogens with zero attached hydrogens (tertiary/aromatic N) is 1. The molecule has 92 valence electrons. The standard InChI is InChI=1S/C11H12F2N2O2/c1-11(2)9(10(11)14)5-3-7(13)8(15(16)17)4-6(5)12/h3-4,9-10H,14H2,1-2H3/t9-,10-/m0/s1. The monoisotopic (exact) mass is 242 g/mol. The smallest absolute Gasteiger partial charge is 0.307 e. The Labute approximate surface area is 96.6 Å². The number of benzene rings is 1. The quantitative estimate of drug-likeness (QED) is 0.639. The first-order chi connectivity index (χ1) is 7.76. The van der Waals surface area contributed by atoms with Crippen molar-refractivity contribution in [2.45, 2.75) is 25.8 Å². The molecule has 6 heteroatoms. The van der Waals surface area contributed by atoms with Crippen LogP contribution in [0.1, 0.15) is 25.3 Å². The molecule has 1 aromatic carbocycles. The van der Waals surface area contributed by atoms with Gasteiger partial charge in [-0.3, -0.25) is 10.1 Å². The van der Waals surface area contributed by atoms with Crippen LogP contribution in [0.25, 0.3) is 0 Å². The van der Waals surface area contributed by atoms with Crippen molar-refractivity contribution in [2.24, 2.45) is 11.1 Å². The van der Waals surface area contributed by atoms with Gasteiger partial charge in [0.25, 0.3) is 0 Å². The fourth-order valence-corrected chi connectivity index (χ4v) is 2.20. The Balaban J connectivity index is 2.46. The van der Waals surface area contributed by atoms with Gasteiger partial charge in [-0.25, -0.2) is 4.39 Å².